The van der Waals surface area contributed by atoms with Crippen molar-refractivity contribution in [2.24, 2.45) is 4.99 Å². The maximum absolute atomic E-state index is 5.00. The molecule has 0 radical (unpaired) electrons. The van der Waals surface area contributed by atoms with E-state index in [4.69, 9.17) is 4.99 Å². The van der Waals surface area contributed by atoms with Crippen molar-refractivity contribution in [2.45, 2.75) is 75.5 Å². The third-order valence-corrected chi connectivity index (χ3v) is 13.1. The molecular formula is C28H39NP2. The largest absolute Gasteiger partial charge is 0.297 e. The highest BCUT2D eigenvalue weighted by Gasteiger charge is 2.30. The lowest BCUT2D eigenvalue weighted by atomic mass is 9.99. The molecule has 2 fully saturated rings. The quantitative estimate of drug-likeness (QED) is 0.279. The third kappa shape index (κ3) is 6.97. The molecule has 31 heavy (non-hydrogen) atoms. The molecule has 2 aromatic rings. The first-order valence-corrected chi connectivity index (χ1v) is 15.7. The molecule has 2 saturated carbocycles. The van der Waals surface area contributed by atoms with Gasteiger partial charge in [-0.05, 0) is 61.7 Å². The van der Waals surface area contributed by atoms with Crippen LogP contribution in [-0.2, 0) is 0 Å². The van der Waals surface area contributed by atoms with Crippen LogP contribution in [0.25, 0.3) is 0 Å². The molecule has 3 heteroatoms. The van der Waals surface area contributed by atoms with Crippen LogP contribution in [0.2, 0.25) is 0 Å². The van der Waals surface area contributed by atoms with Crippen LogP contribution in [0.1, 0.15) is 64.2 Å². The standard InChI is InChI=1S/C28H39NP2/c1-5-13-25(14-6-1)30(26-15-7-2-8-16-26)23-21-29-22-24-31(27-17-9-3-10-18-27)28-19-11-4-12-20-28/h1-2,5-8,13-16,22,27-28H,3-4,9-12,17-21,23-24H2. The first-order chi connectivity index (χ1) is 15.4. The SMILES string of the molecule is C(CP(C1CCCCC1)C1CCCCC1)=NCCP(c1ccccc1)c1ccccc1. The van der Waals surface area contributed by atoms with E-state index in [1.54, 1.807) is 0 Å². The summed E-state index contributed by atoms with van der Waals surface area (Å²) in [4.78, 5) is 5.00. The number of nitrogens with zero attached hydrogens (tertiary/aromatic N) is 1. The van der Waals surface area contributed by atoms with Crippen molar-refractivity contribution < 1.29 is 0 Å². The summed E-state index contributed by atoms with van der Waals surface area (Å²) in [6, 6.07) is 22.2. The summed E-state index contributed by atoms with van der Waals surface area (Å²) in [7, 11) is -0.176. The average molecular weight is 452 g/mol. The second kappa shape index (κ2) is 12.9. The fraction of sp³-hybridized carbons (Fsp3) is 0.536. The first kappa shape index (κ1) is 23.1. The summed E-state index contributed by atoms with van der Waals surface area (Å²) in [6.45, 7) is 0.966. The number of hydrogen-bond acceptors (Lipinski definition) is 1. The van der Waals surface area contributed by atoms with E-state index < -0.39 is 0 Å². The van der Waals surface area contributed by atoms with Gasteiger partial charge in [-0.15, -0.1) is 0 Å². The summed E-state index contributed by atoms with van der Waals surface area (Å²) in [5.74, 6) is 0. The van der Waals surface area contributed by atoms with E-state index in [1.165, 1.54) is 81.0 Å². The van der Waals surface area contributed by atoms with Crippen molar-refractivity contribution in [2.75, 3.05) is 18.9 Å². The van der Waals surface area contributed by atoms with Gasteiger partial charge < -0.3 is 0 Å². The predicted octanol–water partition coefficient (Wildman–Crippen LogP) is 7.34. The van der Waals surface area contributed by atoms with Gasteiger partial charge in [0.25, 0.3) is 0 Å². The van der Waals surface area contributed by atoms with Crippen molar-refractivity contribution >= 4 is 32.7 Å². The van der Waals surface area contributed by atoms with Crippen LogP contribution in [0.3, 0.4) is 0 Å². The zero-order chi connectivity index (χ0) is 21.1. The molecule has 1 nitrogen and oxygen atoms in total. The molecule has 0 amide bonds. The fourth-order valence-corrected chi connectivity index (χ4v) is 11.2. The normalized spacial score (nSPS) is 18.9. The minimum Gasteiger partial charge on any atom is -0.297 e. The van der Waals surface area contributed by atoms with Gasteiger partial charge in [0.1, 0.15) is 0 Å². The highest BCUT2D eigenvalue weighted by molar-refractivity contribution is 7.73. The van der Waals surface area contributed by atoms with Gasteiger partial charge in [0.05, 0.1) is 0 Å². The molecular weight excluding hydrogens is 412 g/mol. The summed E-state index contributed by atoms with van der Waals surface area (Å²) in [6.07, 6.45) is 19.7. The van der Waals surface area contributed by atoms with Gasteiger partial charge in [-0.25, -0.2) is 0 Å². The molecule has 0 saturated heterocycles. The van der Waals surface area contributed by atoms with Gasteiger partial charge in [-0.1, -0.05) is 107 Å². The lowest BCUT2D eigenvalue weighted by Crippen LogP contribution is -2.22. The molecule has 2 aliphatic rings. The monoisotopic (exact) mass is 451 g/mol. The fourth-order valence-electron chi connectivity index (χ4n) is 5.45. The van der Waals surface area contributed by atoms with E-state index >= 15 is 0 Å². The Morgan fingerprint density at radius 1 is 0.677 bits per heavy atom. The molecule has 2 aromatic carbocycles. The van der Waals surface area contributed by atoms with Gasteiger partial charge in [0.2, 0.25) is 0 Å². The second-order valence-electron chi connectivity index (χ2n) is 9.19. The Morgan fingerprint density at radius 2 is 1.16 bits per heavy atom. The summed E-state index contributed by atoms with van der Waals surface area (Å²) in [5, 5.41) is 2.95. The molecule has 0 spiro atoms. The molecule has 0 aromatic heterocycles. The van der Waals surface area contributed by atoms with E-state index in [-0.39, 0.29) is 15.8 Å². The maximum atomic E-state index is 5.00. The number of benzene rings is 2. The molecule has 0 unspecified atom stereocenters. The summed E-state index contributed by atoms with van der Waals surface area (Å²) >= 11 is 0. The van der Waals surface area contributed by atoms with Gasteiger partial charge >= 0.3 is 0 Å². The minimum absolute atomic E-state index is 0.139. The second-order valence-corrected chi connectivity index (χ2v) is 14.4. The Bertz CT molecular complexity index is 707. The molecule has 0 atom stereocenters. The zero-order valence-corrected chi connectivity index (χ0v) is 20.8. The number of rotatable bonds is 9. The molecule has 0 aliphatic heterocycles. The topological polar surface area (TPSA) is 12.4 Å². The zero-order valence-electron chi connectivity index (χ0n) is 19.0. The highest BCUT2D eigenvalue weighted by Crippen LogP contribution is 2.55. The molecule has 4 rings (SSSR count). The van der Waals surface area contributed by atoms with E-state index in [9.17, 15) is 0 Å². The van der Waals surface area contributed by atoms with Gasteiger partial charge in [0.15, 0.2) is 0 Å². The Labute approximate surface area is 192 Å². The Balaban J connectivity index is 1.36. The van der Waals surface area contributed by atoms with Crippen molar-refractivity contribution in [3.05, 3.63) is 60.7 Å². The lowest BCUT2D eigenvalue weighted by Gasteiger charge is -2.38. The molecule has 0 heterocycles. The first-order valence-electron chi connectivity index (χ1n) is 12.5. The van der Waals surface area contributed by atoms with Crippen molar-refractivity contribution in [3.8, 4) is 0 Å². The average Bonchev–Trinajstić information content (AvgIpc) is 2.86. The van der Waals surface area contributed by atoms with E-state index in [1.807, 2.05) is 0 Å². The lowest BCUT2D eigenvalue weighted by molar-refractivity contribution is 0.485. The third-order valence-electron chi connectivity index (χ3n) is 7.10. The van der Waals surface area contributed by atoms with Crippen molar-refractivity contribution in [1.82, 2.24) is 0 Å². The van der Waals surface area contributed by atoms with E-state index in [2.05, 4.69) is 66.9 Å². The predicted molar refractivity (Wildman–Crippen MR) is 143 cm³/mol. The van der Waals surface area contributed by atoms with Gasteiger partial charge in [0, 0.05) is 18.9 Å². The molecule has 166 valence electrons. The van der Waals surface area contributed by atoms with Crippen LogP contribution in [0.4, 0.5) is 0 Å². The maximum Gasteiger partial charge on any atom is 0.0430 e. The van der Waals surface area contributed by atoms with Crippen LogP contribution in [-0.4, -0.2) is 36.4 Å². The molecule has 2 aliphatic carbocycles. The number of aliphatic imine (C=N–C) groups is 1. The van der Waals surface area contributed by atoms with Gasteiger partial charge in [-0.3, -0.25) is 4.99 Å². The van der Waals surface area contributed by atoms with Crippen LogP contribution < -0.4 is 10.6 Å². The molecule has 0 N–H and O–H groups in total. The summed E-state index contributed by atoms with van der Waals surface area (Å²) < 4.78 is 0. The Hall–Kier alpha value is -1.03. The number of hydrogen-bond donors (Lipinski definition) is 0. The Morgan fingerprint density at radius 3 is 1.65 bits per heavy atom. The van der Waals surface area contributed by atoms with Gasteiger partial charge in [-0.2, -0.15) is 0 Å². The van der Waals surface area contributed by atoms with Crippen LogP contribution in [0.15, 0.2) is 65.7 Å². The van der Waals surface area contributed by atoms with E-state index in [0.717, 1.165) is 24.0 Å². The Kier molecular flexibility index (Phi) is 9.60. The van der Waals surface area contributed by atoms with Crippen molar-refractivity contribution in [3.63, 3.8) is 0 Å². The molecule has 0 bridgehead atoms. The smallest absolute Gasteiger partial charge is 0.0430 e. The highest BCUT2D eigenvalue weighted by atomic mass is 31.1. The summed E-state index contributed by atoms with van der Waals surface area (Å²) in [5.41, 5.74) is 2.06. The van der Waals surface area contributed by atoms with E-state index in [0.29, 0.717) is 0 Å². The van der Waals surface area contributed by atoms with Crippen LogP contribution in [0, 0.1) is 0 Å². The van der Waals surface area contributed by atoms with Crippen LogP contribution in [0.5, 0.6) is 0 Å². The van der Waals surface area contributed by atoms with Crippen LogP contribution >= 0.6 is 15.8 Å². The minimum atomic E-state index is -0.316. The van der Waals surface area contributed by atoms with Crippen molar-refractivity contribution in [1.29, 1.82) is 0 Å².